The molecule has 74 valence electrons. The van der Waals surface area contributed by atoms with E-state index < -0.39 is 0 Å². The summed E-state index contributed by atoms with van der Waals surface area (Å²) in [6, 6.07) is 4.10. The third kappa shape index (κ3) is 1.60. The Morgan fingerprint density at radius 2 is 2.21 bits per heavy atom. The number of benzene rings is 1. The number of hydrogen-bond acceptors (Lipinski definition) is 2. The van der Waals surface area contributed by atoms with Crippen molar-refractivity contribution in [2.45, 2.75) is 13.8 Å². The average molecular weight is 227 g/mol. The van der Waals surface area contributed by atoms with Crippen LogP contribution in [0.5, 0.6) is 5.75 Å². The van der Waals surface area contributed by atoms with Gasteiger partial charge in [-0.3, -0.25) is 0 Å². The smallest absolute Gasteiger partial charge is 0.137 e. The summed E-state index contributed by atoms with van der Waals surface area (Å²) in [7, 11) is 0. The Hall–Kier alpha value is -0.730. The van der Waals surface area contributed by atoms with Crippen LogP contribution in [0.3, 0.4) is 0 Å². The van der Waals surface area contributed by atoms with Crippen molar-refractivity contribution in [2.24, 2.45) is 0 Å². The van der Waals surface area contributed by atoms with Gasteiger partial charge in [0.25, 0.3) is 0 Å². The first-order valence-corrected chi connectivity index (χ1v) is 5.78. The average Bonchev–Trinajstić information content (AvgIpc) is 2.49. The second-order valence-corrected chi connectivity index (χ2v) is 4.44. The van der Waals surface area contributed by atoms with Gasteiger partial charge in [0.05, 0.1) is 16.3 Å². The van der Waals surface area contributed by atoms with Crippen LogP contribution < -0.4 is 4.74 Å². The molecule has 0 bridgehead atoms. The Morgan fingerprint density at radius 3 is 2.93 bits per heavy atom. The van der Waals surface area contributed by atoms with Crippen LogP contribution in [0.4, 0.5) is 0 Å². The maximum absolute atomic E-state index is 6.13. The molecule has 0 fully saturated rings. The molecule has 1 nitrogen and oxygen atoms in total. The summed E-state index contributed by atoms with van der Waals surface area (Å²) >= 11 is 7.76. The fourth-order valence-electron chi connectivity index (χ4n) is 1.47. The Balaban J connectivity index is 2.66. The normalized spacial score (nSPS) is 10.8. The zero-order chi connectivity index (χ0) is 10.1. The van der Waals surface area contributed by atoms with Crippen molar-refractivity contribution in [3.63, 3.8) is 0 Å². The van der Waals surface area contributed by atoms with E-state index in [9.17, 15) is 0 Å². The van der Waals surface area contributed by atoms with E-state index in [-0.39, 0.29) is 0 Å². The van der Waals surface area contributed by atoms with Gasteiger partial charge in [-0.2, -0.15) is 0 Å². The van der Waals surface area contributed by atoms with Crippen molar-refractivity contribution in [2.75, 3.05) is 6.61 Å². The maximum Gasteiger partial charge on any atom is 0.137 e. The lowest BCUT2D eigenvalue weighted by molar-refractivity contribution is 0.345. The van der Waals surface area contributed by atoms with E-state index >= 15 is 0 Å². The number of rotatable bonds is 2. The van der Waals surface area contributed by atoms with Crippen LogP contribution in [0.1, 0.15) is 12.5 Å². The van der Waals surface area contributed by atoms with Crippen molar-refractivity contribution < 1.29 is 4.74 Å². The predicted octanol–water partition coefficient (Wildman–Crippen LogP) is 4.26. The zero-order valence-electron chi connectivity index (χ0n) is 8.13. The van der Waals surface area contributed by atoms with E-state index in [0.29, 0.717) is 6.61 Å². The van der Waals surface area contributed by atoms with Crippen LogP contribution in [0.25, 0.3) is 10.1 Å². The number of hydrogen-bond donors (Lipinski definition) is 0. The standard InChI is InChI=1S/C11H11ClOS/c1-3-13-10-6-14-11-8(10)4-7(2)5-9(11)12/h4-6H,3H2,1-2H3. The predicted molar refractivity (Wildman–Crippen MR) is 62.7 cm³/mol. The summed E-state index contributed by atoms with van der Waals surface area (Å²) in [4.78, 5) is 0. The summed E-state index contributed by atoms with van der Waals surface area (Å²) in [5.74, 6) is 0.943. The van der Waals surface area contributed by atoms with Crippen LogP contribution >= 0.6 is 22.9 Å². The molecule has 1 aromatic heterocycles. The lowest BCUT2D eigenvalue weighted by Crippen LogP contribution is -1.89. The molecule has 1 heterocycles. The molecule has 2 aromatic rings. The van der Waals surface area contributed by atoms with Gasteiger partial charge in [-0.15, -0.1) is 11.3 Å². The van der Waals surface area contributed by atoms with Crippen molar-refractivity contribution in [1.29, 1.82) is 0 Å². The summed E-state index contributed by atoms with van der Waals surface area (Å²) in [5.41, 5.74) is 1.17. The SMILES string of the molecule is CCOc1csc2c(Cl)cc(C)cc12. The van der Waals surface area contributed by atoms with Crippen LogP contribution in [-0.4, -0.2) is 6.61 Å². The van der Waals surface area contributed by atoms with E-state index in [0.717, 1.165) is 20.9 Å². The molecule has 0 radical (unpaired) electrons. The lowest BCUT2D eigenvalue weighted by atomic mass is 10.2. The van der Waals surface area contributed by atoms with Gasteiger partial charge < -0.3 is 4.74 Å². The molecule has 3 heteroatoms. The number of thiophene rings is 1. The Kier molecular flexibility index (Phi) is 2.66. The summed E-state index contributed by atoms with van der Waals surface area (Å²) < 4.78 is 6.63. The second kappa shape index (κ2) is 3.79. The number of fused-ring (bicyclic) bond motifs is 1. The van der Waals surface area contributed by atoms with E-state index in [2.05, 4.69) is 6.07 Å². The van der Waals surface area contributed by atoms with Gasteiger partial charge in [0.1, 0.15) is 5.75 Å². The monoisotopic (exact) mass is 226 g/mol. The minimum Gasteiger partial charge on any atom is -0.492 e. The highest BCUT2D eigenvalue weighted by atomic mass is 35.5. The third-order valence-corrected chi connectivity index (χ3v) is 3.45. The van der Waals surface area contributed by atoms with Gasteiger partial charge in [0, 0.05) is 10.8 Å². The lowest BCUT2D eigenvalue weighted by Gasteiger charge is -2.01. The van der Waals surface area contributed by atoms with Crippen LogP contribution in [0, 0.1) is 6.92 Å². The number of aryl methyl sites for hydroxylation is 1. The van der Waals surface area contributed by atoms with E-state index in [1.807, 2.05) is 25.3 Å². The highest BCUT2D eigenvalue weighted by Gasteiger charge is 2.08. The molecule has 1 aromatic carbocycles. The molecule has 0 aliphatic rings. The van der Waals surface area contributed by atoms with Gasteiger partial charge in [-0.05, 0) is 31.5 Å². The molecular formula is C11H11ClOS. The molecule has 0 saturated carbocycles. The van der Waals surface area contributed by atoms with E-state index in [4.69, 9.17) is 16.3 Å². The Morgan fingerprint density at radius 1 is 1.43 bits per heavy atom. The molecule has 0 unspecified atom stereocenters. The maximum atomic E-state index is 6.13. The first-order chi connectivity index (χ1) is 6.72. The molecule has 14 heavy (non-hydrogen) atoms. The topological polar surface area (TPSA) is 9.23 Å². The van der Waals surface area contributed by atoms with Gasteiger partial charge in [0.15, 0.2) is 0 Å². The minimum absolute atomic E-state index is 0.692. The molecule has 0 spiro atoms. The first kappa shape index (κ1) is 9.81. The van der Waals surface area contributed by atoms with Gasteiger partial charge in [-0.25, -0.2) is 0 Å². The summed E-state index contributed by atoms with van der Waals surface area (Å²) in [6.45, 7) is 4.72. The molecule has 0 amide bonds. The van der Waals surface area contributed by atoms with Gasteiger partial charge in [-0.1, -0.05) is 11.6 Å². The quantitative estimate of drug-likeness (QED) is 0.744. The molecule has 0 saturated heterocycles. The van der Waals surface area contributed by atoms with Crippen molar-refractivity contribution in [3.8, 4) is 5.75 Å². The summed E-state index contributed by atoms with van der Waals surface area (Å²) in [6.07, 6.45) is 0. The fourth-order valence-corrected chi connectivity index (χ4v) is 2.76. The Bertz CT molecular complexity index is 462. The first-order valence-electron chi connectivity index (χ1n) is 4.52. The molecule has 2 rings (SSSR count). The molecule has 0 atom stereocenters. The second-order valence-electron chi connectivity index (χ2n) is 3.16. The van der Waals surface area contributed by atoms with Crippen LogP contribution in [0.15, 0.2) is 17.5 Å². The van der Waals surface area contributed by atoms with Crippen LogP contribution in [0.2, 0.25) is 5.02 Å². The Labute approximate surface area is 92.3 Å². The number of ether oxygens (including phenoxy) is 1. The highest BCUT2D eigenvalue weighted by Crippen LogP contribution is 2.37. The minimum atomic E-state index is 0.692. The van der Waals surface area contributed by atoms with Crippen molar-refractivity contribution >= 4 is 33.0 Å². The molecular weight excluding hydrogens is 216 g/mol. The largest absolute Gasteiger partial charge is 0.492 e. The van der Waals surface area contributed by atoms with E-state index in [1.165, 1.54) is 5.56 Å². The molecule has 0 N–H and O–H groups in total. The highest BCUT2D eigenvalue weighted by molar-refractivity contribution is 7.18. The van der Waals surface area contributed by atoms with Gasteiger partial charge in [0.2, 0.25) is 0 Å². The van der Waals surface area contributed by atoms with Crippen molar-refractivity contribution in [3.05, 3.63) is 28.1 Å². The molecule has 0 aliphatic carbocycles. The number of halogens is 1. The van der Waals surface area contributed by atoms with Gasteiger partial charge >= 0.3 is 0 Å². The summed E-state index contributed by atoms with van der Waals surface area (Å²) in [5, 5.41) is 3.96. The zero-order valence-corrected chi connectivity index (χ0v) is 9.71. The van der Waals surface area contributed by atoms with Crippen molar-refractivity contribution in [1.82, 2.24) is 0 Å². The van der Waals surface area contributed by atoms with E-state index in [1.54, 1.807) is 11.3 Å². The molecule has 0 aliphatic heterocycles. The third-order valence-electron chi connectivity index (χ3n) is 2.04. The fraction of sp³-hybridized carbons (Fsp3) is 0.273. The van der Waals surface area contributed by atoms with Crippen LogP contribution in [-0.2, 0) is 0 Å².